The summed E-state index contributed by atoms with van der Waals surface area (Å²) in [5.74, 6) is 3.92. The van der Waals surface area contributed by atoms with Crippen LogP contribution < -0.4 is 0 Å². The molecule has 0 radical (unpaired) electrons. The fourth-order valence-electron chi connectivity index (χ4n) is 8.62. The Morgan fingerprint density at radius 1 is 1.17 bits per heavy atom. The topological polar surface area (TPSA) is 49.7 Å². The van der Waals surface area contributed by atoms with Crippen molar-refractivity contribution in [3.8, 4) is 0 Å². The number of fused-ring (bicyclic) bond motifs is 5. The molecule has 4 rings (SSSR count). The second-order valence-corrected chi connectivity index (χ2v) is 11.9. The van der Waals surface area contributed by atoms with Crippen LogP contribution in [-0.4, -0.2) is 22.6 Å². The first-order valence-corrected chi connectivity index (χ1v) is 12.5. The molecule has 4 aliphatic carbocycles. The maximum Gasteiger partial charge on any atom is 0.113 e. The zero-order valence-corrected chi connectivity index (χ0v) is 19.7. The van der Waals surface area contributed by atoms with E-state index in [4.69, 9.17) is 0 Å². The number of allylic oxidation sites excluding steroid dienone is 1. The average Bonchev–Trinajstić information content (AvgIpc) is 3.06. The number of hydrogen-bond acceptors (Lipinski definition) is 3. The Labute approximate surface area is 183 Å². The predicted octanol–water partition coefficient (Wildman–Crippen LogP) is 6.78. The number of aliphatic hydroxyl groups is 1. The largest absolute Gasteiger partial charge is 0.393 e. The van der Waals surface area contributed by atoms with Crippen molar-refractivity contribution in [2.24, 2.45) is 40.4 Å². The van der Waals surface area contributed by atoms with Crippen LogP contribution in [0.5, 0.6) is 0 Å². The van der Waals surface area contributed by atoms with Crippen molar-refractivity contribution < 1.29 is 15.3 Å². The maximum absolute atomic E-state index is 10.2. The van der Waals surface area contributed by atoms with Crippen LogP contribution in [0.1, 0.15) is 91.9 Å². The number of aliphatic hydroxyl groups excluding tert-OH is 1. The van der Waals surface area contributed by atoms with Crippen LogP contribution in [0.15, 0.2) is 23.8 Å². The van der Waals surface area contributed by atoms with Crippen LogP contribution in [0.4, 0.5) is 0 Å². The summed E-state index contributed by atoms with van der Waals surface area (Å²) in [5.41, 5.74) is 3.27. The second kappa shape index (κ2) is 8.37. The Morgan fingerprint density at radius 3 is 2.63 bits per heavy atom. The van der Waals surface area contributed by atoms with Crippen molar-refractivity contribution in [2.45, 2.75) is 104 Å². The van der Waals surface area contributed by atoms with E-state index in [0.717, 1.165) is 54.9 Å². The fraction of sp³-hybridized carbons (Fsp3) is 0.852. The van der Waals surface area contributed by atoms with Crippen molar-refractivity contribution >= 4 is 0 Å². The highest BCUT2D eigenvalue weighted by Gasteiger charge is 2.59. The van der Waals surface area contributed by atoms with Crippen molar-refractivity contribution in [2.75, 3.05) is 0 Å². The fourth-order valence-corrected chi connectivity index (χ4v) is 8.62. The highest BCUT2D eigenvalue weighted by atomic mass is 17.1. The highest BCUT2D eigenvalue weighted by Crippen LogP contribution is 2.67. The molecular formula is C27H44O3. The molecule has 3 nitrogen and oxygen atoms in total. The van der Waals surface area contributed by atoms with Gasteiger partial charge in [-0.2, -0.15) is 0 Å². The molecule has 0 aromatic rings. The molecule has 0 spiro atoms. The molecule has 4 aliphatic rings. The third kappa shape index (κ3) is 3.63. The van der Waals surface area contributed by atoms with Gasteiger partial charge in [-0.05, 0) is 117 Å². The molecule has 0 aromatic carbocycles. The molecule has 9 atom stereocenters. The molecule has 30 heavy (non-hydrogen) atoms. The van der Waals surface area contributed by atoms with E-state index < -0.39 is 0 Å². The van der Waals surface area contributed by atoms with E-state index in [9.17, 15) is 10.4 Å². The lowest BCUT2D eigenvalue weighted by molar-refractivity contribution is -0.270. The maximum atomic E-state index is 10.2. The van der Waals surface area contributed by atoms with Gasteiger partial charge in [0.25, 0.3) is 0 Å². The summed E-state index contributed by atoms with van der Waals surface area (Å²) in [6.07, 6.45) is 13.9. The highest BCUT2D eigenvalue weighted by molar-refractivity contribution is 5.25. The van der Waals surface area contributed by atoms with Crippen LogP contribution in [0, 0.1) is 40.4 Å². The lowest BCUT2D eigenvalue weighted by Gasteiger charge is -2.58. The van der Waals surface area contributed by atoms with Gasteiger partial charge in [-0.1, -0.05) is 39.0 Å². The molecule has 2 N–H and O–H groups in total. The van der Waals surface area contributed by atoms with Gasteiger partial charge in [0.2, 0.25) is 0 Å². The third-order valence-electron chi connectivity index (χ3n) is 10.4. The molecular weight excluding hydrogens is 372 g/mol. The van der Waals surface area contributed by atoms with Crippen LogP contribution in [0.25, 0.3) is 0 Å². The normalized spacial score (nSPS) is 45.0. The minimum Gasteiger partial charge on any atom is -0.393 e. The van der Waals surface area contributed by atoms with Crippen LogP contribution in [0.3, 0.4) is 0 Å². The van der Waals surface area contributed by atoms with Gasteiger partial charge in [0.1, 0.15) is 6.10 Å². The quantitative estimate of drug-likeness (QED) is 0.285. The van der Waals surface area contributed by atoms with Gasteiger partial charge in [-0.3, -0.25) is 5.26 Å². The summed E-state index contributed by atoms with van der Waals surface area (Å²) in [7, 11) is 0. The van der Waals surface area contributed by atoms with Gasteiger partial charge in [0.05, 0.1) is 6.10 Å². The molecule has 0 saturated heterocycles. The van der Waals surface area contributed by atoms with E-state index in [1.54, 1.807) is 5.57 Å². The van der Waals surface area contributed by atoms with E-state index in [2.05, 4.69) is 38.3 Å². The lowest BCUT2D eigenvalue weighted by Crippen LogP contribution is -2.50. The first-order valence-electron chi connectivity index (χ1n) is 12.5. The molecule has 3 fully saturated rings. The van der Waals surface area contributed by atoms with Gasteiger partial charge >= 0.3 is 0 Å². The van der Waals surface area contributed by atoms with E-state index in [0.29, 0.717) is 16.7 Å². The van der Waals surface area contributed by atoms with E-state index in [1.807, 2.05) is 6.92 Å². The summed E-state index contributed by atoms with van der Waals surface area (Å²) >= 11 is 0. The Morgan fingerprint density at radius 2 is 1.93 bits per heavy atom. The predicted molar refractivity (Wildman–Crippen MR) is 122 cm³/mol. The van der Waals surface area contributed by atoms with Gasteiger partial charge in [-0.15, -0.1) is 0 Å². The Kier molecular flexibility index (Phi) is 6.29. The van der Waals surface area contributed by atoms with Crippen molar-refractivity contribution in [3.63, 3.8) is 0 Å². The molecule has 0 bridgehead atoms. The van der Waals surface area contributed by atoms with Crippen molar-refractivity contribution in [3.05, 3.63) is 23.8 Å². The number of hydrogen-bond donors (Lipinski definition) is 2. The molecule has 0 aliphatic heterocycles. The summed E-state index contributed by atoms with van der Waals surface area (Å²) < 4.78 is 0. The average molecular weight is 417 g/mol. The minimum atomic E-state index is -0.225. The summed E-state index contributed by atoms with van der Waals surface area (Å²) in [6, 6.07) is 0. The molecule has 0 heterocycles. The first kappa shape index (κ1) is 22.6. The Hall–Kier alpha value is -0.640. The summed E-state index contributed by atoms with van der Waals surface area (Å²) in [6.45, 7) is 13.5. The second-order valence-electron chi connectivity index (χ2n) is 11.9. The molecule has 3 saturated carbocycles. The molecule has 0 aromatic heterocycles. The Balaban J connectivity index is 1.48. The molecule has 0 amide bonds. The van der Waals surface area contributed by atoms with E-state index in [1.165, 1.54) is 38.5 Å². The minimum absolute atomic E-state index is 0.114. The number of rotatable bonds is 6. The van der Waals surface area contributed by atoms with Crippen molar-refractivity contribution in [1.29, 1.82) is 0 Å². The molecule has 170 valence electrons. The third-order valence-corrected chi connectivity index (χ3v) is 10.4. The van der Waals surface area contributed by atoms with Crippen LogP contribution in [0.2, 0.25) is 0 Å². The van der Waals surface area contributed by atoms with Crippen molar-refractivity contribution in [1.82, 2.24) is 0 Å². The Bertz CT molecular complexity index is 684. The van der Waals surface area contributed by atoms with Gasteiger partial charge in [0, 0.05) is 0 Å². The smallest absolute Gasteiger partial charge is 0.113 e. The summed E-state index contributed by atoms with van der Waals surface area (Å²) in [4.78, 5) is 4.67. The zero-order chi connectivity index (χ0) is 21.7. The van der Waals surface area contributed by atoms with Gasteiger partial charge < -0.3 is 5.11 Å². The van der Waals surface area contributed by atoms with Crippen LogP contribution in [-0.2, 0) is 4.89 Å². The zero-order valence-electron chi connectivity index (χ0n) is 19.7. The first-order chi connectivity index (χ1) is 14.2. The van der Waals surface area contributed by atoms with Gasteiger partial charge in [0.15, 0.2) is 0 Å². The molecule has 8 unspecified atom stereocenters. The van der Waals surface area contributed by atoms with E-state index in [-0.39, 0.29) is 12.2 Å². The lowest BCUT2D eigenvalue weighted by atomic mass is 9.47. The molecule has 3 heteroatoms. The SMILES string of the molecule is C=C(C)C(CC[C@@H](C)C1CCC2C3CC=C4CC(O)CCC4(C)C3CCC21C)OO. The monoisotopic (exact) mass is 416 g/mol. The van der Waals surface area contributed by atoms with Gasteiger partial charge in [-0.25, -0.2) is 4.89 Å². The standard InChI is InChI=1S/C27H44O3/c1-17(2)25(30-29)11-6-18(3)22-9-10-23-21-8-7-19-16-20(28)12-14-26(19,4)24(21)13-15-27(22,23)5/h7,18,20-25,28-29H,1,6,8-16H2,2-5H3/t18-,20?,21?,22?,23?,24?,25?,26?,27?/m1/s1. The summed E-state index contributed by atoms with van der Waals surface area (Å²) in [5, 5.41) is 19.4. The van der Waals surface area contributed by atoms with Crippen LogP contribution >= 0.6 is 0 Å². The van der Waals surface area contributed by atoms with E-state index >= 15 is 0 Å².